The summed E-state index contributed by atoms with van der Waals surface area (Å²) >= 11 is 0. The first kappa shape index (κ1) is 9.77. The molecular formula is C9H19NOSi. The Balaban J connectivity index is 2.31. The van der Waals surface area contributed by atoms with Gasteiger partial charge in [0.05, 0.1) is 0 Å². The molecule has 70 valence electrons. The summed E-state index contributed by atoms with van der Waals surface area (Å²) in [6.45, 7) is 2.03. The van der Waals surface area contributed by atoms with E-state index in [1.54, 1.807) is 0 Å². The predicted molar refractivity (Wildman–Crippen MR) is 54.4 cm³/mol. The maximum absolute atomic E-state index is 11.5. The second-order valence-electron chi connectivity index (χ2n) is 3.55. The van der Waals surface area contributed by atoms with Crippen molar-refractivity contribution >= 4 is 16.1 Å². The number of amides is 1. The van der Waals surface area contributed by atoms with Crippen LogP contribution in [0.15, 0.2) is 0 Å². The maximum atomic E-state index is 11.5. The highest BCUT2D eigenvalue weighted by atomic mass is 28.1. The highest BCUT2D eigenvalue weighted by molar-refractivity contribution is 6.08. The SMILES string of the molecule is O=C1CCCCCN1CCC[SiH3]. The van der Waals surface area contributed by atoms with E-state index in [1.807, 2.05) is 0 Å². The average molecular weight is 185 g/mol. The van der Waals surface area contributed by atoms with Crippen LogP contribution in [-0.2, 0) is 4.79 Å². The van der Waals surface area contributed by atoms with E-state index in [4.69, 9.17) is 0 Å². The van der Waals surface area contributed by atoms with Crippen LogP contribution in [0.5, 0.6) is 0 Å². The first-order valence-electron chi connectivity index (χ1n) is 5.12. The van der Waals surface area contributed by atoms with Crippen molar-refractivity contribution in [2.24, 2.45) is 0 Å². The zero-order valence-electron chi connectivity index (χ0n) is 8.01. The van der Waals surface area contributed by atoms with Gasteiger partial charge in [-0.25, -0.2) is 0 Å². The van der Waals surface area contributed by atoms with Gasteiger partial charge in [0.2, 0.25) is 5.91 Å². The standard InChI is InChI=1S/C9H19NOSi/c11-9-5-2-1-3-6-10(9)7-4-8-12/h1-8H2,12H3. The van der Waals surface area contributed by atoms with Gasteiger partial charge in [0.25, 0.3) is 0 Å². The Kier molecular flexibility index (Phi) is 4.36. The van der Waals surface area contributed by atoms with Crippen LogP contribution >= 0.6 is 0 Å². The molecule has 0 aromatic carbocycles. The summed E-state index contributed by atoms with van der Waals surface area (Å²) < 4.78 is 0. The van der Waals surface area contributed by atoms with Crippen molar-refractivity contribution in [2.45, 2.75) is 38.1 Å². The second kappa shape index (κ2) is 5.35. The molecule has 1 aliphatic heterocycles. The molecule has 0 atom stereocenters. The van der Waals surface area contributed by atoms with Crippen LogP contribution in [-0.4, -0.2) is 34.1 Å². The van der Waals surface area contributed by atoms with Crippen LogP contribution in [0.1, 0.15) is 32.1 Å². The molecule has 0 saturated carbocycles. The van der Waals surface area contributed by atoms with Crippen molar-refractivity contribution in [1.29, 1.82) is 0 Å². The summed E-state index contributed by atoms with van der Waals surface area (Å²) in [4.78, 5) is 13.5. The Morgan fingerprint density at radius 1 is 1.33 bits per heavy atom. The topological polar surface area (TPSA) is 20.3 Å². The lowest BCUT2D eigenvalue weighted by Gasteiger charge is -2.19. The molecule has 0 aromatic heterocycles. The number of hydrogen-bond acceptors (Lipinski definition) is 1. The van der Waals surface area contributed by atoms with Crippen molar-refractivity contribution in [3.8, 4) is 0 Å². The Morgan fingerprint density at radius 3 is 2.92 bits per heavy atom. The molecule has 12 heavy (non-hydrogen) atoms. The fourth-order valence-electron chi connectivity index (χ4n) is 1.62. The quantitative estimate of drug-likeness (QED) is 0.589. The van der Waals surface area contributed by atoms with Gasteiger partial charge in [-0.2, -0.15) is 0 Å². The van der Waals surface area contributed by atoms with Crippen LogP contribution in [0.25, 0.3) is 0 Å². The summed E-state index contributed by atoms with van der Waals surface area (Å²) in [6, 6.07) is 1.32. The molecular weight excluding hydrogens is 166 g/mol. The molecule has 0 aliphatic carbocycles. The van der Waals surface area contributed by atoms with E-state index < -0.39 is 0 Å². The lowest BCUT2D eigenvalue weighted by molar-refractivity contribution is -0.130. The minimum Gasteiger partial charge on any atom is -0.343 e. The van der Waals surface area contributed by atoms with E-state index in [2.05, 4.69) is 4.90 Å². The zero-order valence-corrected chi connectivity index (χ0v) is 10.0. The lowest BCUT2D eigenvalue weighted by Crippen LogP contribution is -2.31. The number of rotatable bonds is 3. The molecule has 1 rings (SSSR count). The normalized spacial score (nSPS) is 19.7. The summed E-state index contributed by atoms with van der Waals surface area (Å²) in [7, 11) is 1.27. The minimum absolute atomic E-state index is 0.391. The number of likely N-dealkylation sites (tertiary alicyclic amines) is 1. The van der Waals surface area contributed by atoms with Crippen molar-refractivity contribution in [1.82, 2.24) is 4.90 Å². The van der Waals surface area contributed by atoms with Crippen molar-refractivity contribution in [2.75, 3.05) is 13.1 Å². The minimum atomic E-state index is 0.391. The first-order chi connectivity index (χ1) is 5.84. The lowest BCUT2D eigenvalue weighted by atomic mass is 10.2. The first-order valence-corrected chi connectivity index (χ1v) is 6.54. The third-order valence-electron chi connectivity index (χ3n) is 2.45. The molecule has 0 spiro atoms. The van der Waals surface area contributed by atoms with Crippen molar-refractivity contribution < 1.29 is 4.79 Å². The summed E-state index contributed by atoms with van der Waals surface area (Å²) in [5, 5.41) is 0. The summed E-state index contributed by atoms with van der Waals surface area (Å²) in [6.07, 6.45) is 5.57. The van der Waals surface area contributed by atoms with Gasteiger partial charge < -0.3 is 4.90 Å². The van der Waals surface area contributed by atoms with Gasteiger partial charge >= 0.3 is 0 Å². The molecule has 2 nitrogen and oxygen atoms in total. The summed E-state index contributed by atoms with van der Waals surface area (Å²) in [5.74, 6) is 0.391. The van der Waals surface area contributed by atoms with Gasteiger partial charge in [-0.15, -0.1) is 0 Å². The van der Waals surface area contributed by atoms with E-state index in [0.29, 0.717) is 5.91 Å². The molecule has 0 bridgehead atoms. The van der Waals surface area contributed by atoms with E-state index >= 15 is 0 Å². The number of hydrogen-bond donors (Lipinski definition) is 0. The fraction of sp³-hybridized carbons (Fsp3) is 0.889. The smallest absolute Gasteiger partial charge is 0.222 e. The van der Waals surface area contributed by atoms with Gasteiger partial charge in [0, 0.05) is 29.8 Å². The Hall–Kier alpha value is -0.313. The van der Waals surface area contributed by atoms with Gasteiger partial charge in [0.15, 0.2) is 0 Å². The molecule has 3 heteroatoms. The molecule has 1 fully saturated rings. The van der Waals surface area contributed by atoms with Gasteiger partial charge in [-0.05, 0) is 19.3 Å². The van der Waals surface area contributed by atoms with Gasteiger partial charge in [-0.1, -0.05) is 12.5 Å². The Bertz CT molecular complexity index is 149. The van der Waals surface area contributed by atoms with Crippen LogP contribution in [0.3, 0.4) is 0 Å². The van der Waals surface area contributed by atoms with Crippen LogP contribution in [0, 0.1) is 0 Å². The third-order valence-corrected chi connectivity index (χ3v) is 3.16. The third kappa shape index (κ3) is 2.97. The van der Waals surface area contributed by atoms with E-state index in [0.717, 1.165) is 25.9 Å². The molecule has 0 radical (unpaired) electrons. The molecule has 0 N–H and O–H groups in total. The maximum Gasteiger partial charge on any atom is 0.222 e. The number of nitrogens with zero attached hydrogens (tertiary/aromatic N) is 1. The average Bonchev–Trinajstić information content (AvgIpc) is 2.27. The molecule has 0 unspecified atom stereocenters. The molecule has 1 amide bonds. The molecule has 1 aliphatic rings. The van der Waals surface area contributed by atoms with Crippen molar-refractivity contribution in [3.05, 3.63) is 0 Å². The van der Waals surface area contributed by atoms with Crippen LogP contribution < -0.4 is 0 Å². The van der Waals surface area contributed by atoms with Gasteiger partial charge in [0.1, 0.15) is 0 Å². The molecule has 0 aromatic rings. The predicted octanol–water partition coefficient (Wildman–Crippen LogP) is 0.563. The van der Waals surface area contributed by atoms with Crippen LogP contribution in [0.4, 0.5) is 0 Å². The van der Waals surface area contributed by atoms with Crippen molar-refractivity contribution in [3.63, 3.8) is 0 Å². The monoisotopic (exact) mass is 185 g/mol. The number of carbonyl (C=O) groups is 1. The van der Waals surface area contributed by atoms with E-state index in [1.165, 1.54) is 35.5 Å². The van der Waals surface area contributed by atoms with Gasteiger partial charge in [-0.3, -0.25) is 4.79 Å². The largest absolute Gasteiger partial charge is 0.343 e. The van der Waals surface area contributed by atoms with Crippen LogP contribution in [0.2, 0.25) is 6.04 Å². The van der Waals surface area contributed by atoms with E-state index in [9.17, 15) is 4.79 Å². The fourth-order valence-corrected chi connectivity index (χ4v) is 1.94. The molecule has 1 saturated heterocycles. The number of carbonyl (C=O) groups excluding carboxylic acids is 1. The Morgan fingerprint density at radius 2 is 2.17 bits per heavy atom. The summed E-state index contributed by atoms with van der Waals surface area (Å²) in [5.41, 5.74) is 0. The highest BCUT2D eigenvalue weighted by Crippen LogP contribution is 2.11. The molecule has 1 heterocycles. The second-order valence-corrected chi connectivity index (χ2v) is 4.55. The zero-order chi connectivity index (χ0) is 8.81. The Labute approximate surface area is 77.7 Å². The van der Waals surface area contributed by atoms with E-state index in [-0.39, 0.29) is 0 Å². The highest BCUT2D eigenvalue weighted by Gasteiger charge is 2.14.